The molecule has 0 spiro atoms. The zero-order valence-corrected chi connectivity index (χ0v) is 14.0. The van der Waals surface area contributed by atoms with Crippen LogP contribution in [0.2, 0.25) is 0 Å². The standard InChI is InChI=1S/C14H15F3N4O3S/c1-8-13(9(2)21-20-8)25(23,24)18-7-12(22)19-11-5-3-10(4-6-11)14(15,16)17/h3-6,18H,7H2,1-2H3,(H,19,22)(H,20,21). The molecule has 7 nitrogen and oxygen atoms in total. The number of anilines is 1. The van der Waals surface area contributed by atoms with Gasteiger partial charge in [-0.3, -0.25) is 9.89 Å². The number of rotatable bonds is 5. The smallest absolute Gasteiger partial charge is 0.325 e. The molecule has 1 amide bonds. The number of halogens is 3. The van der Waals surface area contributed by atoms with Crippen molar-refractivity contribution < 1.29 is 26.4 Å². The summed E-state index contributed by atoms with van der Waals surface area (Å²) >= 11 is 0. The number of nitrogens with one attached hydrogen (secondary N) is 3. The Bertz CT molecular complexity index is 854. The molecule has 1 heterocycles. The molecule has 2 aromatic rings. The van der Waals surface area contributed by atoms with Crippen molar-refractivity contribution in [2.45, 2.75) is 24.9 Å². The van der Waals surface area contributed by atoms with E-state index in [1.807, 2.05) is 0 Å². The first kappa shape index (κ1) is 18.9. The number of nitrogens with zero attached hydrogens (tertiary/aromatic N) is 1. The van der Waals surface area contributed by atoms with Crippen molar-refractivity contribution in [2.75, 3.05) is 11.9 Å². The molecule has 0 atom stereocenters. The maximum absolute atomic E-state index is 12.5. The van der Waals surface area contributed by atoms with Gasteiger partial charge in [0, 0.05) is 5.69 Å². The van der Waals surface area contributed by atoms with Crippen LogP contribution in [0.3, 0.4) is 0 Å². The molecule has 0 fully saturated rings. The number of amides is 1. The molecular weight excluding hydrogens is 361 g/mol. The fourth-order valence-electron chi connectivity index (χ4n) is 2.12. The van der Waals surface area contributed by atoms with Crippen LogP contribution in [0.15, 0.2) is 29.2 Å². The zero-order chi connectivity index (χ0) is 18.8. The van der Waals surface area contributed by atoms with Crippen molar-refractivity contribution in [2.24, 2.45) is 0 Å². The van der Waals surface area contributed by atoms with E-state index < -0.39 is 34.2 Å². The van der Waals surface area contributed by atoms with E-state index in [4.69, 9.17) is 0 Å². The first-order chi connectivity index (χ1) is 11.5. The summed E-state index contributed by atoms with van der Waals surface area (Å²) in [6.07, 6.45) is -4.47. The van der Waals surface area contributed by atoms with Gasteiger partial charge < -0.3 is 5.32 Å². The van der Waals surface area contributed by atoms with Crippen LogP contribution in [0.4, 0.5) is 18.9 Å². The Morgan fingerprint density at radius 3 is 2.28 bits per heavy atom. The number of aromatic nitrogens is 2. The molecule has 0 unspecified atom stereocenters. The Hall–Kier alpha value is -2.40. The average Bonchev–Trinajstić information content (AvgIpc) is 2.85. The van der Waals surface area contributed by atoms with Crippen LogP contribution in [-0.2, 0) is 21.0 Å². The molecule has 0 bridgehead atoms. The second-order valence-electron chi connectivity index (χ2n) is 5.21. The third kappa shape index (κ3) is 4.57. The zero-order valence-electron chi connectivity index (χ0n) is 13.2. The van der Waals surface area contributed by atoms with Gasteiger partial charge in [0.2, 0.25) is 15.9 Å². The Morgan fingerprint density at radius 1 is 1.20 bits per heavy atom. The van der Waals surface area contributed by atoms with Crippen LogP contribution in [0.25, 0.3) is 0 Å². The lowest BCUT2D eigenvalue weighted by molar-refractivity contribution is -0.137. The Morgan fingerprint density at radius 2 is 1.80 bits per heavy atom. The van der Waals surface area contributed by atoms with Gasteiger partial charge in [-0.2, -0.15) is 18.3 Å². The summed E-state index contributed by atoms with van der Waals surface area (Å²) in [7, 11) is -3.95. The number of sulfonamides is 1. The number of H-pyrrole nitrogens is 1. The van der Waals surface area contributed by atoms with E-state index in [-0.39, 0.29) is 16.3 Å². The minimum Gasteiger partial charge on any atom is -0.325 e. The largest absolute Gasteiger partial charge is 0.416 e. The van der Waals surface area contributed by atoms with Crippen molar-refractivity contribution >= 4 is 21.6 Å². The molecule has 3 N–H and O–H groups in total. The first-order valence-electron chi connectivity index (χ1n) is 6.99. The van der Waals surface area contributed by atoms with Crippen LogP contribution >= 0.6 is 0 Å². The summed E-state index contributed by atoms with van der Waals surface area (Å²) < 4.78 is 63.8. The van der Waals surface area contributed by atoms with Crippen LogP contribution < -0.4 is 10.0 Å². The summed E-state index contributed by atoms with van der Waals surface area (Å²) in [5.41, 5.74) is -0.147. The third-order valence-corrected chi connectivity index (χ3v) is 4.91. The van der Waals surface area contributed by atoms with Gasteiger partial charge in [0.15, 0.2) is 0 Å². The molecule has 1 aromatic carbocycles. The number of benzene rings is 1. The number of hydrogen-bond acceptors (Lipinski definition) is 4. The number of hydrogen-bond donors (Lipinski definition) is 3. The predicted molar refractivity (Wildman–Crippen MR) is 83.3 cm³/mol. The van der Waals surface area contributed by atoms with Gasteiger partial charge in [0.05, 0.1) is 23.5 Å². The van der Waals surface area contributed by atoms with Gasteiger partial charge in [-0.25, -0.2) is 13.1 Å². The van der Waals surface area contributed by atoms with Crippen LogP contribution in [0.5, 0.6) is 0 Å². The van der Waals surface area contributed by atoms with Gasteiger partial charge >= 0.3 is 6.18 Å². The lowest BCUT2D eigenvalue weighted by atomic mass is 10.2. The summed E-state index contributed by atoms with van der Waals surface area (Å²) in [6.45, 7) is 2.45. The minimum absolute atomic E-state index is 0.0465. The molecule has 0 saturated carbocycles. The number of aromatic amines is 1. The Kier molecular flexibility index (Phi) is 5.18. The molecular formula is C14H15F3N4O3S. The number of alkyl halides is 3. The predicted octanol–water partition coefficient (Wildman–Crippen LogP) is 1.96. The fraction of sp³-hybridized carbons (Fsp3) is 0.286. The Labute approximate surface area is 141 Å². The quantitative estimate of drug-likeness (QED) is 0.742. The molecule has 11 heteroatoms. The SMILES string of the molecule is Cc1n[nH]c(C)c1S(=O)(=O)NCC(=O)Nc1ccc(C(F)(F)F)cc1. The number of carbonyl (C=O) groups excluding carboxylic acids is 1. The van der Waals surface area contributed by atoms with E-state index >= 15 is 0 Å². The third-order valence-electron chi connectivity index (χ3n) is 3.25. The van der Waals surface area contributed by atoms with E-state index in [1.54, 1.807) is 0 Å². The van der Waals surface area contributed by atoms with Gasteiger partial charge in [0.25, 0.3) is 0 Å². The van der Waals surface area contributed by atoms with Crippen molar-refractivity contribution in [3.8, 4) is 0 Å². The molecule has 2 rings (SSSR count). The van der Waals surface area contributed by atoms with Crippen LogP contribution in [0, 0.1) is 13.8 Å². The molecule has 0 saturated heterocycles. The molecule has 0 aliphatic heterocycles. The minimum atomic E-state index is -4.47. The normalized spacial score (nSPS) is 12.2. The molecule has 0 aliphatic carbocycles. The maximum Gasteiger partial charge on any atom is 0.416 e. The highest BCUT2D eigenvalue weighted by Crippen LogP contribution is 2.29. The van der Waals surface area contributed by atoms with E-state index in [0.29, 0.717) is 5.69 Å². The summed E-state index contributed by atoms with van der Waals surface area (Å²) in [5, 5.41) is 8.61. The molecule has 25 heavy (non-hydrogen) atoms. The summed E-state index contributed by atoms with van der Waals surface area (Å²) in [6, 6.07) is 3.80. The fourth-order valence-corrected chi connectivity index (χ4v) is 3.47. The molecule has 1 aromatic heterocycles. The van der Waals surface area contributed by atoms with E-state index in [1.165, 1.54) is 13.8 Å². The maximum atomic E-state index is 12.5. The highest BCUT2D eigenvalue weighted by Gasteiger charge is 2.30. The average molecular weight is 376 g/mol. The number of carbonyl (C=O) groups is 1. The Balaban J connectivity index is 1.99. The first-order valence-corrected chi connectivity index (χ1v) is 8.47. The van der Waals surface area contributed by atoms with E-state index in [9.17, 15) is 26.4 Å². The van der Waals surface area contributed by atoms with Crippen molar-refractivity contribution in [3.05, 3.63) is 41.2 Å². The van der Waals surface area contributed by atoms with Crippen molar-refractivity contribution in [1.82, 2.24) is 14.9 Å². The van der Waals surface area contributed by atoms with Crippen molar-refractivity contribution in [1.29, 1.82) is 0 Å². The van der Waals surface area contributed by atoms with E-state index in [0.717, 1.165) is 24.3 Å². The van der Waals surface area contributed by atoms with Crippen molar-refractivity contribution in [3.63, 3.8) is 0 Å². The van der Waals surface area contributed by atoms with Crippen LogP contribution in [0.1, 0.15) is 17.0 Å². The molecule has 136 valence electrons. The van der Waals surface area contributed by atoms with Gasteiger partial charge in [-0.1, -0.05) is 0 Å². The van der Waals surface area contributed by atoms with Crippen LogP contribution in [-0.4, -0.2) is 31.1 Å². The lowest BCUT2D eigenvalue weighted by Crippen LogP contribution is -2.33. The lowest BCUT2D eigenvalue weighted by Gasteiger charge is -2.10. The second kappa shape index (κ2) is 6.84. The van der Waals surface area contributed by atoms with Gasteiger partial charge in [0.1, 0.15) is 4.90 Å². The van der Waals surface area contributed by atoms with Gasteiger partial charge in [-0.15, -0.1) is 0 Å². The topological polar surface area (TPSA) is 104 Å². The highest BCUT2D eigenvalue weighted by molar-refractivity contribution is 7.89. The second-order valence-corrected chi connectivity index (χ2v) is 6.91. The monoisotopic (exact) mass is 376 g/mol. The molecule has 0 aliphatic rings. The summed E-state index contributed by atoms with van der Waals surface area (Å²) in [4.78, 5) is 11.8. The van der Waals surface area contributed by atoms with E-state index in [2.05, 4.69) is 20.2 Å². The number of aryl methyl sites for hydroxylation is 2. The molecule has 0 radical (unpaired) electrons. The highest BCUT2D eigenvalue weighted by atomic mass is 32.2. The van der Waals surface area contributed by atoms with Gasteiger partial charge in [-0.05, 0) is 38.1 Å². The summed E-state index contributed by atoms with van der Waals surface area (Å²) in [5.74, 6) is -0.720.